The van der Waals surface area contributed by atoms with Crippen LogP contribution in [-0.2, 0) is 0 Å². The molecule has 0 aliphatic rings. The number of hydrogen-bond acceptors (Lipinski definition) is 3. The van der Waals surface area contributed by atoms with E-state index in [0.717, 1.165) is 0 Å². The molecule has 1 aromatic heterocycles. The molecule has 7 heteroatoms. The molecule has 1 heterocycles. The third-order valence-corrected chi connectivity index (χ3v) is 1.56. The first-order chi connectivity index (χ1) is 6.61. The van der Waals surface area contributed by atoms with Gasteiger partial charge in [0.2, 0.25) is 0 Å². The Hall–Kier alpha value is -2.18. The topological polar surface area (TPSA) is 97.6 Å². The molecule has 0 unspecified atom stereocenters. The molecular formula is C7H9N5O2. The Morgan fingerprint density at radius 1 is 1.79 bits per heavy atom. The minimum absolute atomic E-state index is 0.192. The maximum Gasteiger partial charge on any atom is 0.273 e. The van der Waals surface area contributed by atoms with Gasteiger partial charge in [-0.3, -0.25) is 4.98 Å². The largest absolute Gasteiger partial charge is 0.364 e. The van der Waals surface area contributed by atoms with Crippen LogP contribution in [0.2, 0.25) is 0 Å². The molecule has 1 aromatic rings. The van der Waals surface area contributed by atoms with Crippen LogP contribution in [0.5, 0.6) is 0 Å². The number of rotatable bonds is 2. The number of hydrazone groups is 1. The summed E-state index contributed by atoms with van der Waals surface area (Å²) >= 11 is 0. The van der Waals surface area contributed by atoms with Crippen molar-refractivity contribution >= 4 is 11.6 Å². The van der Waals surface area contributed by atoms with Gasteiger partial charge in [-0.15, -0.1) is 0 Å². The molecule has 0 atom stereocenters. The molecular weight excluding hydrogens is 186 g/mol. The van der Waals surface area contributed by atoms with E-state index in [-0.39, 0.29) is 5.96 Å². The highest BCUT2D eigenvalue weighted by molar-refractivity contribution is 5.93. The van der Waals surface area contributed by atoms with E-state index in [2.05, 4.69) is 10.1 Å². The number of anilines is 1. The number of hydrogen-bond donors (Lipinski definition) is 1. The van der Waals surface area contributed by atoms with E-state index in [1.165, 1.54) is 11.1 Å². The van der Waals surface area contributed by atoms with E-state index in [1.54, 1.807) is 25.4 Å². The highest BCUT2D eigenvalue weighted by atomic mass is 16.7. The zero-order chi connectivity index (χ0) is 10.6. The van der Waals surface area contributed by atoms with Gasteiger partial charge in [-0.1, -0.05) is 0 Å². The van der Waals surface area contributed by atoms with Crippen LogP contribution < -0.4 is 10.6 Å². The number of nitrogens with two attached hydrogens (primary N) is 1. The fraction of sp³-hybridized carbons (Fsp3) is 0.143. The lowest BCUT2D eigenvalue weighted by Gasteiger charge is -2.14. The van der Waals surface area contributed by atoms with Gasteiger partial charge in [-0.2, -0.15) is 0 Å². The minimum Gasteiger partial charge on any atom is -0.364 e. The third-order valence-electron chi connectivity index (χ3n) is 1.56. The zero-order valence-electron chi connectivity index (χ0n) is 7.49. The summed E-state index contributed by atoms with van der Waals surface area (Å²) in [4.78, 5) is 15.3. The number of nitrogens with zero attached hydrogens (tertiary/aromatic N) is 4. The van der Waals surface area contributed by atoms with Crippen LogP contribution in [0.3, 0.4) is 0 Å². The van der Waals surface area contributed by atoms with Gasteiger partial charge in [0.05, 0.1) is 11.9 Å². The first kappa shape index (κ1) is 9.90. The maximum absolute atomic E-state index is 10.0. The normalized spacial score (nSPS) is 11.1. The van der Waals surface area contributed by atoms with Crippen molar-refractivity contribution in [2.45, 2.75) is 0 Å². The average molecular weight is 195 g/mol. The number of pyridine rings is 1. The molecule has 7 nitrogen and oxygen atoms in total. The molecule has 0 bridgehead atoms. The molecule has 0 fully saturated rings. The second-order valence-corrected chi connectivity index (χ2v) is 2.47. The first-order valence-electron chi connectivity index (χ1n) is 3.73. The van der Waals surface area contributed by atoms with E-state index in [9.17, 15) is 10.1 Å². The van der Waals surface area contributed by atoms with Crippen LogP contribution in [0.4, 0.5) is 5.69 Å². The predicted molar refractivity (Wildman–Crippen MR) is 51.3 cm³/mol. The van der Waals surface area contributed by atoms with E-state index >= 15 is 0 Å². The number of guanidine groups is 1. The van der Waals surface area contributed by atoms with E-state index < -0.39 is 5.03 Å². The lowest BCUT2D eigenvalue weighted by molar-refractivity contribution is -0.485. The summed E-state index contributed by atoms with van der Waals surface area (Å²) in [6.07, 6.45) is 3.13. The lowest BCUT2D eigenvalue weighted by Crippen LogP contribution is -2.34. The van der Waals surface area contributed by atoms with Gasteiger partial charge in [0.15, 0.2) is 5.03 Å². The maximum atomic E-state index is 10.0. The van der Waals surface area contributed by atoms with Gasteiger partial charge in [-0.25, -0.2) is 10.1 Å². The fourth-order valence-corrected chi connectivity index (χ4v) is 0.835. The van der Waals surface area contributed by atoms with Crippen molar-refractivity contribution < 1.29 is 5.03 Å². The van der Waals surface area contributed by atoms with Crippen LogP contribution in [0.15, 0.2) is 29.6 Å². The second-order valence-electron chi connectivity index (χ2n) is 2.47. The molecule has 0 radical (unpaired) electrons. The highest BCUT2D eigenvalue weighted by Crippen LogP contribution is 2.08. The Morgan fingerprint density at radius 2 is 2.50 bits per heavy atom. The Balaban J connectivity index is 2.86. The van der Waals surface area contributed by atoms with Gasteiger partial charge in [0.25, 0.3) is 5.96 Å². The molecule has 0 saturated heterocycles. The molecule has 2 N–H and O–H groups in total. The van der Waals surface area contributed by atoms with E-state index in [1.807, 2.05) is 0 Å². The van der Waals surface area contributed by atoms with Crippen LogP contribution in [0.1, 0.15) is 0 Å². The first-order valence-corrected chi connectivity index (χ1v) is 3.73. The average Bonchev–Trinajstić information content (AvgIpc) is 2.17. The third kappa shape index (κ3) is 2.41. The van der Waals surface area contributed by atoms with Gasteiger partial charge >= 0.3 is 0 Å². The van der Waals surface area contributed by atoms with Crippen LogP contribution in [-0.4, -0.2) is 23.0 Å². The van der Waals surface area contributed by atoms with Crippen molar-refractivity contribution in [3.8, 4) is 0 Å². The summed E-state index contributed by atoms with van der Waals surface area (Å²) in [5.74, 6) is -0.192. The minimum atomic E-state index is -0.845. The van der Waals surface area contributed by atoms with Gasteiger partial charge in [-0.05, 0) is 12.1 Å². The van der Waals surface area contributed by atoms with Gasteiger partial charge in [0.1, 0.15) is 5.10 Å². The van der Waals surface area contributed by atoms with Crippen LogP contribution in [0, 0.1) is 10.1 Å². The Bertz CT molecular complexity index is 350. The monoisotopic (exact) mass is 195 g/mol. The fourth-order valence-electron chi connectivity index (χ4n) is 0.835. The van der Waals surface area contributed by atoms with Crippen molar-refractivity contribution in [1.29, 1.82) is 0 Å². The second kappa shape index (κ2) is 4.17. The summed E-state index contributed by atoms with van der Waals surface area (Å²) in [5.41, 5.74) is 5.99. The van der Waals surface area contributed by atoms with Crippen molar-refractivity contribution in [1.82, 2.24) is 4.98 Å². The molecule has 14 heavy (non-hydrogen) atoms. The van der Waals surface area contributed by atoms with Crippen LogP contribution >= 0.6 is 0 Å². The Labute approximate surface area is 80.0 Å². The van der Waals surface area contributed by atoms with Crippen molar-refractivity contribution in [3.63, 3.8) is 0 Å². The smallest absolute Gasteiger partial charge is 0.273 e. The molecule has 1 rings (SSSR count). The molecule has 74 valence electrons. The summed E-state index contributed by atoms with van der Waals surface area (Å²) in [5, 5.41) is 12.2. The lowest BCUT2D eigenvalue weighted by atomic mass is 10.4. The van der Waals surface area contributed by atoms with Crippen LogP contribution in [0.25, 0.3) is 0 Å². The van der Waals surface area contributed by atoms with E-state index in [4.69, 9.17) is 5.73 Å². The zero-order valence-corrected chi connectivity index (χ0v) is 7.49. The Morgan fingerprint density at radius 3 is 3.00 bits per heavy atom. The van der Waals surface area contributed by atoms with Gasteiger partial charge < -0.3 is 10.6 Å². The van der Waals surface area contributed by atoms with Gasteiger partial charge in [0, 0.05) is 13.2 Å². The number of nitro groups is 1. The van der Waals surface area contributed by atoms with E-state index in [0.29, 0.717) is 5.69 Å². The summed E-state index contributed by atoms with van der Waals surface area (Å²) < 4.78 is 0. The SMILES string of the molecule is CN(/C(N)=N/[N+](=O)[O-])c1cccnc1. The molecule has 0 aliphatic carbocycles. The Kier molecular flexibility index (Phi) is 2.95. The predicted octanol–water partition coefficient (Wildman–Crippen LogP) is 0.0242. The molecule has 0 amide bonds. The molecule has 0 aromatic carbocycles. The quantitative estimate of drug-likeness (QED) is 0.310. The molecule has 0 saturated carbocycles. The van der Waals surface area contributed by atoms with Crippen molar-refractivity contribution in [2.24, 2.45) is 10.8 Å². The highest BCUT2D eigenvalue weighted by Gasteiger charge is 2.08. The number of aromatic nitrogens is 1. The van der Waals surface area contributed by atoms with Crippen molar-refractivity contribution in [3.05, 3.63) is 34.6 Å². The molecule has 0 aliphatic heterocycles. The summed E-state index contributed by atoms with van der Waals surface area (Å²) in [6, 6.07) is 3.42. The van der Waals surface area contributed by atoms with Crippen molar-refractivity contribution in [2.75, 3.05) is 11.9 Å². The standard InChI is InChI=1S/C7H9N5O2/c1-11(7(8)10-12(13)14)6-3-2-4-9-5-6/h2-5H,1H3,(H2,8,10). The molecule has 0 spiro atoms. The summed E-state index contributed by atoms with van der Waals surface area (Å²) in [7, 11) is 1.57. The summed E-state index contributed by atoms with van der Waals surface area (Å²) in [6.45, 7) is 0.